The van der Waals surface area contributed by atoms with Crippen LogP contribution in [0.3, 0.4) is 0 Å². The van der Waals surface area contributed by atoms with Crippen molar-refractivity contribution in [3.8, 4) is 0 Å². The average Bonchev–Trinajstić information content (AvgIpc) is 3.00. The van der Waals surface area contributed by atoms with Crippen LogP contribution in [0.4, 0.5) is 0 Å². The molecule has 1 aromatic carbocycles. The van der Waals surface area contributed by atoms with Gasteiger partial charge in [-0.3, -0.25) is 9.36 Å². The van der Waals surface area contributed by atoms with Gasteiger partial charge in [-0.15, -0.1) is 0 Å². The lowest BCUT2D eigenvalue weighted by atomic mass is 10.2. The summed E-state index contributed by atoms with van der Waals surface area (Å²) in [5, 5.41) is 13.8. The maximum atomic E-state index is 4.70. The van der Waals surface area contributed by atoms with Crippen molar-refractivity contribution in [2.45, 2.75) is 33.5 Å². The highest BCUT2D eigenvalue weighted by Gasteiger charge is 2.09. The molecule has 2 heterocycles. The molecule has 0 amide bonds. The van der Waals surface area contributed by atoms with E-state index in [1.807, 2.05) is 18.7 Å². The second kappa shape index (κ2) is 5.69. The molecule has 2 aromatic heterocycles. The van der Waals surface area contributed by atoms with E-state index in [-0.39, 0.29) is 0 Å². The number of nitrogens with zero attached hydrogens (tertiary/aromatic N) is 4. The molecule has 0 aliphatic rings. The standard InChI is InChI=1S/C16H21N5/c1-4-21-16-8-6-5-7-14(16)15(19-21)10-17-9-13-11-20(3)18-12(13)2/h5-8,11,17H,4,9-10H2,1-3H3. The van der Waals surface area contributed by atoms with Gasteiger partial charge in [-0.05, 0) is 19.9 Å². The number of hydrogen-bond acceptors (Lipinski definition) is 3. The van der Waals surface area contributed by atoms with Gasteiger partial charge in [-0.25, -0.2) is 0 Å². The highest BCUT2D eigenvalue weighted by atomic mass is 15.3. The van der Waals surface area contributed by atoms with Crippen molar-refractivity contribution in [1.29, 1.82) is 0 Å². The second-order valence-corrected chi connectivity index (χ2v) is 5.30. The Labute approximate surface area is 124 Å². The lowest BCUT2D eigenvalue weighted by Gasteiger charge is -2.02. The van der Waals surface area contributed by atoms with Crippen LogP contribution >= 0.6 is 0 Å². The number of para-hydroxylation sites is 1. The summed E-state index contributed by atoms with van der Waals surface area (Å²) in [7, 11) is 1.95. The first kappa shape index (κ1) is 13.8. The number of nitrogens with one attached hydrogen (secondary N) is 1. The van der Waals surface area contributed by atoms with Crippen molar-refractivity contribution in [2.24, 2.45) is 7.05 Å². The van der Waals surface area contributed by atoms with E-state index < -0.39 is 0 Å². The van der Waals surface area contributed by atoms with Gasteiger partial charge in [-0.1, -0.05) is 18.2 Å². The molecule has 0 bridgehead atoms. The fourth-order valence-corrected chi connectivity index (χ4v) is 2.71. The molecule has 110 valence electrons. The maximum Gasteiger partial charge on any atom is 0.0841 e. The van der Waals surface area contributed by atoms with E-state index in [4.69, 9.17) is 5.10 Å². The molecule has 5 heteroatoms. The van der Waals surface area contributed by atoms with Crippen molar-refractivity contribution in [1.82, 2.24) is 24.9 Å². The zero-order valence-electron chi connectivity index (χ0n) is 12.8. The third kappa shape index (κ3) is 2.69. The highest BCUT2D eigenvalue weighted by Crippen LogP contribution is 2.18. The minimum atomic E-state index is 0.766. The van der Waals surface area contributed by atoms with Gasteiger partial charge >= 0.3 is 0 Å². The van der Waals surface area contributed by atoms with Crippen LogP contribution in [-0.4, -0.2) is 19.6 Å². The number of fused-ring (bicyclic) bond motifs is 1. The quantitative estimate of drug-likeness (QED) is 0.782. The molecule has 0 atom stereocenters. The minimum absolute atomic E-state index is 0.766. The van der Waals surface area contributed by atoms with Gasteiger partial charge < -0.3 is 5.32 Å². The first-order chi connectivity index (χ1) is 10.2. The van der Waals surface area contributed by atoms with Crippen LogP contribution in [0.15, 0.2) is 30.5 Å². The van der Waals surface area contributed by atoms with Crippen molar-refractivity contribution >= 4 is 10.9 Å². The van der Waals surface area contributed by atoms with E-state index in [0.717, 1.165) is 31.0 Å². The predicted octanol–water partition coefficient (Wildman–Crippen LogP) is 2.39. The molecule has 0 radical (unpaired) electrons. The predicted molar refractivity (Wildman–Crippen MR) is 83.9 cm³/mol. The molecule has 0 aliphatic heterocycles. The number of aromatic nitrogens is 4. The Morgan fingerprint density at radius 3 is 2.67 bits per heavy atom. The molecular formula is C16H21N5. The maximum absolute atomic E-state index is 4.70. The SMILES string of the molecule is CCn1nc(CNCc2cn(C)nc2C)c2ccccc21. The van der Waals surface area contributed by atoms with Gasteiger partial charge in [0.2, 0.25) is 0 Å². The summed E-state index contributed by atoms with van der Waals surface area (Å²) >= 11 is 0. The van der Waals surface area contributed by atoms with Crippen molar-refractivity contribution < 1.29 is 0 Å². The Bertz CT molecular complexity index is 753. The summed E-state index contributed by atoms with van der Waals surface area (Å²) in [6.07, 6.45) is 2.06. The smallest absolute Gasteiger partial charge is 0.0841 e. The minimum Gasteiger partial charge on any atom is -0.307 e. The normalized spacial score (nSPS) is 11.4. The molecule has 1 N–H and O–H groups in total. The van der Waals surface area contributed by atoms with E-state index in [9.17, 15) is 0 Å². The Kier molecular flexibility index (Phi) is 3.75. The Hall–Kier alpha value is -2.14. The van der Waals surface area contributed by atoms with Gasteiger partial charge in [0.1, 0.15) is 0 Å². The largest absolute Gasteiger partial charge is 0.307 e. The zero-order valence-corrected chi connectivity index (χ0v) is 12.8. The van der Waals surface area contributed by atoms with Crippen molar-refractivity contribution in [3.05, 3.63) is 47.4 Å². The van der Waals surface area contributed by atoms with Gasteiger partial charge in [0.25, 0.3) is 0 Å². The highest BCUT2D eigenvalue weighted by molar-refractivity contribution is 5.81. The van der Waals surface area contributed by atoms with Gasteiger partial charge in [0, 0.05) is 43.8 Å². The molecule has 5 nitrogen and oxygen atoms in total. The van der Waals surface area contributed by atoms with E-state index in [0.29, 0.717) is 0 Å². The van der Waals surface area contributed by atoms with Crippen LogP contribution in [-0.2, 0) is 26.7 Å². The van der Waals surface area contributed by atoms with Crippen molar-refractivity contribution in [2.75, 3.05) is 0 Å². The molecular weight excluding hydrogens is 262 g/mol. The first-order valence-electron chi connectivity index (χ1n) is 7.33. The third-order valence-corrected chi connectivity index (χ3v) is 3.76. The molecule has 3 aromatic rings. The summed E-state index contributed by atoms with van der Waals surface area (Å²) in [5.74, 6) is 0. The van der Waals surface area contributed by atoms with Crippen LogP contribution in [0, 0.1) is 6.92 Å². The lowest BCUT2D eigenvalue weighted by Crippen LogP contribution is -2.14. The first-order valence-corrected chi connectivity index (χ1v) is 7.33. The third-order valence-electron chi connectivity index (χ3n) is 3.76. The number of rotatable bonds is 5. The van der Waals surface area contributed by atoms with Crippen LogP contribution in [0.1, 0.15) is 23.9 Å². The molecule has 0 spiro atoms. The monoisotopic (exact) mass is 283 g/mol. The zero-order chi connectivity index (χ0) is 14.8. The summed E-state index contributed by atoms with van der Waals surface area (Å²) < 4.78 is 3.91. The fourth-order valence-electron chi connectivity index (χ4n) is 2.71. The van der Waals surface area contributed by atoms with Gasteiger partial charge in [0.15, 0.2) is 0 Å². The molecule has 0 saturated carbocycles. The van der Waals surface area contributed by atoms with Gasteiger partial charge in [-0.2, -0.15) is 10.2 Å². The fraction of sp³-hybridized carbons (Fsp3) is 0.375. The molecule has 21 heavy (non-hydrogen) atoms. The van der Waals surface area contributed by atoms with Crippen LogP contribution in [0.25, 0.3) is 10.9 Å². The van der Waals surface area contributed by atoms with Crippen LogP contribution in [0.2, 0.25) is 0 Å². The van der Waals surface area contributed by atoms with E-state index in [1.165, 1.54) is 16.5 Å². The summed E-state index contributed by atoms with van der Waals surface area (Å²) in [6, 6.07) is 8.40. The van der Waals surface area contributed by atoms with E-state index in [2.05, 4.69) is 52.5 Å². The summed E-state index contributed by atoms with van der Waals surface area (Å²) in [6.45, 7) is 6.63. The average molecular weight is 283 g/mol. The van der Waals surface area contributed by atoms with Crippen LogP contribution in [0.5, 0.6) is 0 Å². The lowest BCUT2D eigenvalue weighted by molar-refractivity contribution is 0.631. The molecule has 0 fully saturated rings. The molecule has 0 aliphatic carbocycles. The van der Waals surface area contributed by atoms with Crippen molar-refractivity contribution in [3.63, 3.8) is 0 Å². The molecule has 0 unspecified atom stereocenters. The van der Waals surface area contributed by atoms with Crippen LogP contribution < -0.4 is 5.32 Å². The number of benzene rings is 1. The summed E-state index contributed by atoms with van der Waals surface area (Å²) in [4.78, 5) is 0. The number of aryl methyl sites for hydroxylation is 3. The number of hydrogen-bond donors (Lipinski definition) is 1. The van der Waals surface area contributed by atoms with Gasteiger partial charge in [0.05, 0.1) is 16.9 Å². The Morgan fingerprint density at radius 1 is 1.14 bits per heavy atom. The van der Waals surface area contributed by atoms with E-state index >= 15 is 0 Å². The Morgan fingerprint density at radius 2 is 1.95 bits per heavy atom. The summed E-state index contributed by atoms with van der Waals surface area (Å²) in [5.41, 5.74) is 4.62. The second-order valence-electron chi connectivity index (χ2n) is 5.30. The topological polar surface area (TPSA) is 47.7 Å². The van der Waals surface area contributed by atoms with E-state index in [1.54, 1.807) is 0 Å². The Balaban J connectivity index is 1.75. The molecule has 3 rings (SSSR count). The molecule has 0 saturated heterocycles.